The molecule has 20 heavy (non-hydrogen) atoms. The fourth-order valence-electron chi connectivity index (χ4n) is 2.26. The number of hydrogen-bond acceptors (Lipinski definition) is 1. The molecule has 0 saturated heterocycles. The third kappa shape index (κ3) is 2.65. The van der Waals surface area contributed by atoms with Crippen LogP contribution >= 0.6 is 43.5 Å². The van der Waals surface area contributed by atoms with Gasteiger partial charge in [-0.3, -0.25) is 4.57 Å². The Morgan fingerprint density at radius 3 is 2.60 bits per heavy atom. The molecule has 0 amide bonds. The van der Waals surface area contributed by atoms with E-state index in [1.807, 2.05) is 24.3 Å². The molecule has 0 saturated carbocycles. The molecule has 1 heterocycles. The molecule has 0 aliphatic heterocycles. The second kappa shape index (κ2) is 5.88. The lowest BCUT2D eigenvalue weighted by Crippen LogP contribution is -2.02. The van der Waals surface area contributed by atoms with E-state index in [-0.39, 0.29) is 0 Å². The Morgan fingerprint density at radius 1 is 1.05 bits per heavy atom. The van der Waals surface area contributed by atoms with Crippen molar-refractivity contribution in [3.05, 3.63) is 57.2 Å². The second-order valence-electron chi connectivity index (χ2n) is 4.42. The van der Waals surface area contributed by atoms with Crippen molar-refractivity contribution in [2.24, 2.45) is 0 Å². The summed E-state index contributed by atoms with van der Waals surface area (Å²) >= 11 is 12.9. The van der Waals surface area contributed by atoms with Gasteiger partial charge >= 0.3 is 0 Å². The highest BCUT2D eigenvalue weighted by Gasteiger charge is 2.12. The zero-order chi connectivity index (χ0) is 14.1. The Morgan fingerprint density at radius 2 is 1.85 bits per heavy atom. The fraction of sp³-hybridized carbons (Fsp3) is 0.133. The molecule has 0 aliphatic rings. The Labute approximate surface area is 139 Å². The molecule has 102 valence electrons. The molecule has 0 fully saturated rings. The first-order valence-corrected chi connectivity index (χ1v) is 8.30. The van der Waals surface area contributed by atoms with Crippen molar-refractivity contribution in [1.29, 1.82) is 0 Å². The number of benzene rings is 2. The minimum Gasteiger partial charge on any atom is -0.296 e. The first-order chi connectivity index (χ1) is 9.69. The van der Waals surface area contributed by atoms with Gasteiger partial charge in [0, 0.05) is 26.9 Å². The van der Waals surface area contributed by atoms with Crippen molar-refractivity contribution in [3.63, 3.8) is 0 Å². The van der Waals surface area contributed by atoms with Gasteiger partial charge in [0.05, 0.1) is 11.0 Å². The van der Waals surface area contributed by atoms with Gasteiger partial charge in [-0.2, -0.15) is 0 Å². The van der Waals surface area contributed by atoms with Crippen molar-refractivity contribution < 1.29 is 0 Å². The van der Waals surface area contributed by atoms with Crippen LogP contribution in [-0.2, 0) is 6.42 Å². The van der Waals surface area contributed by atoms with Gasteiger partial charge in [-0.15, -0.1) is 11.6 Å². The number of nitrogens with zero attached hydrogens (tertiary/aromatic N) is 2. The van der Waals surface area contributed by atoms with Crippen LogP contribution in [0, 0.1) is 0 Å². The van der Waals surface area contributed by atoms with Crippen LogP contribution in [0.1, 0.15) is 5.82 Å². The van der Waals surface area contributed by atoms with Crippen molar-refractivity contribution in [3.8, 4) is 5.69 Å². The van der Waals surface area contributed by atoms with Crippen molar-refractivity contribution in [2.75, 3.05) is 5.88 Å². The number of aromatic nitrogens is 2. The van der Waals surface area contributed by atoms with Crippen molar-refractivity contribution in [1.82, 2.24) is 9.55 Å². The molecule has 1 aromatic heterocycles. The Bertz CT molecular complexity index is 768. The summed E-state index contributed by atoms with van der Waals surface area (Å²) in [7, 11) is 0. The number of halogens is 3. The quantitative estimate of drug-likeness (QED) is 0.530. The van der Waals surface area contributed by atoms with Crippen LogP contribution in [0.4, 0.5) is 0 Å². The highest BCUT2D eigenvalue weighted by Crippen LogP contribution is 2.26. The third-order valence-corrected chi connectivity index (χ3v) is 4.25. The molecule has 0 radical (unpaired) electrons. The molecule has 3 aromatic rings. The van der Waals surface area contributed by atoms with E-state index < -0.39 is 0 Å². The van der Waals surface area contributed by atoms with Crippen LogP contribution in [0.5, 0.6) is 0 Å². The average Bonchev–Trinajstić information content (AvgIpc) is 2.76. The van der Waals surface area contributed by atoms with Gasteiger partial charge in [0.1, 0.15) is 5.82 Å². The maximum absolute atomic E-state index is 5.91. The van der Waals surface area contributed by atoms with Crippen LogP contribution < -0.4 is 0 Å². The van der Waals surface area contributed by atoms with E-state index in [1.165, 1.54) is 0 Å². The van der Waals surface area contributed by atoms with Crippen LogP contribution in [0.2, 0.25) is 0 Å². The van der Waals surface area contributed by atoms with Gasteiger partial charge in [-0.25, -0.2) is 4.98 Å². The lowest BCUT2D eigenvalue weighted by molar-refractivity contribution is 0.912. The Balaban J connectivity index is 2.28. The molecule has 0 aliphatic carbocycles. The molecule has 0 bridgehead atoms. The number of hydrogen-bond donors (Lipinski definition) is 0. The molecule has 5 heteroatoms. The standard InChI is InChI=1S/C15H11Br2ClN2/c16-10-2-1-3-12(8-10)20-14-5-4-11(17)9-13(14)19-15(20)6-7-18/h1-5,8-9H,6-7H2. The van der Waals surface area contributed by atoms with Crippen LogP contribution in [0.25, 0.3) is 16.7 Å². The summed E-state index contributed by atoms with van der Waals surface area (Å²) in [6.07, 6.45) is 0.736. The summed E-state index contributed by atoms with van der Waals surface area (Å²) in [5.74, 6) is 1.53. The Kier molecular flexibility index (Phi) is 4.15. The summed E-state index contributed by atoms with van der Waals surface area (Å²) in [5.41, 5.74) is 3.15. The predicted octanol–water partition coefficient (Wildman–Crippen LogP) is 5.33. The fourth-order valence-corrected chi connectivity index (χ4v) is 3.16. The van der Waals surface area contributed by atoms with Crippen LogP contribution in [0.15, 0.2) is 51.4 Å². The van der Waals surface area contributed by atoms with Gasteiger partial charge in [0.25, 0.3) is 0 Å². The average molecular weight is 415 g/mol. The van der Waals surface area contributed by atoms with Crippen molar-refractivity contribution >= 4 is 54.5 Å². The SMILES string of the molecule is ClCCc1nc2cc(Br)ccc2n1-c1cccc(Br)c1. The van der Waals surface area contributed by atoms with E-state index in [0.29, 0.717) is 5.88 Å². The predicted molar refractivity (Wildman–Crippen MR) is 90.9 cm³/mol. The zero-order valence-electron chi connectivity index (χ0n) is 10.5. The van der Waals surface area contributed by atoms with E-state index in [1.54, 1.807) is 0 Å². The molecule has 2 aromatic carbocycles. The van der Waals surface area contributed by atoms with E-state index in [4.69, 9.17) is 16.6 Å². The number of alkyl halides is 1. The molecule has 0 spiro atoms. The molecule has 0 unspecified atom stereocenters. The highest BCUT2D eigenvalue weighted by molar-refractivity contribution is 9.10. The molecule has 0 N–H and O–H groups in total. The normalized spacial score (nSPS) is 11.2. The van der Waals surface area contributed by atoms with Gasteiger partial charge in [0.15, 0.2) is 0 Å². The lowest BCUT2D eigenvalue weighted by atomic mass is 10.2. The summed E-state index contributed by atoms with van der Waals surface area (Å²) in [6.45, 7) is 0. The summed E-state index contributed by atoms with van der Waals surface area (Å²) in [4.78, 5) is 4.70. The van der Waals surface area contributed by atoms with E-state index in [0.717, 1.165) is 37.9 Å². The largest absolute Gasteiger partial charge is 0.296 e. The van der Waals surface area contributed by atoms with Gasteiger partial charge in [-0.1, -0.05) is 37.9 Å². The van der Waals surface area contributed by atoms with Crippen LogP contribution in [0.3, 0.4) is 0 Å². The third-order valence-electron chi connectivity index (χ3n) is 3.07. The van der Waals surface area contributed by atoms with Gasteiger partial charge in [0.2, 0.25) is 0 Å². The number of fused-ring (bicyclic) bond motifs is 1. The molecule has 2 nitrogen and oxygen atoms in total. The molecule has 3 rings (SSSR count). The first kappa shape index (κ1) is 14.1. The topological polar surface area (TPSA) is 17.8 Å². The smallest absolute Gasteiger partial charge is 0.115 e. The lowest BCUT2D eigenvalue weighted by Gasteiger charge is -2.09. The first-order valence-electron chi connectivity index (χ1n) is 6.18. The number of imidazole rings is 1. The molecule has 0 atom stereocenters. The maximum atomic E-state index is 5.91. The van der Waals surface area contributed by atoms with E-state index >= 15 is 0 Å². The Hall–Kier alpha value is -0.840. The van der Waals surface area contributed by atoms with E-state index in [2.05, 4.69) is 54.6 Å². The van der Waals surface area contributed by atoms with Gasteiger partial charge < -0.3 is 0 Å². The maximum Gasteiger partial charge on any atom is 0.115 e. The number of aryl methyl sites for hydroxylation is 1. The molecular weight excluding hydrogens is 403 g/mol. The van der Waals surface area contributed by atoms with Crippen LogP contribution in [-0.4, -0.2) is 15.4 Å². The minimum atomic E-state index is 0.554. The van der Waals surface area contributed by atoms with Gasteiger partial charge in [-0.05, 0) is 36.4 Å². The highest BCUT2D eigenvalue weighted by atomic mass is 79.9. The minimum absolute atomic E-state index is 0.554. The summed E-state index contributed by atoms with van der Waals surface area (Å²) < 4.78 is 4.24. The molecular formula is C15H11Br2ClN2. The van der Waals surface area contributed by atoms with E-state index in [9.17, 15) is 0 Å². The zero-order valence-corrected chi connectivity index (χ0v) is 14.4. The van der Waals surface area contributed by atoms with Crippen molar-refractivity contribution in [2.45, 2.75) is 6.42 Å². The monoisotopic (exact) mass is 412 g/mol. The number of rotatable bonds is 3. The summed E-state index contributed by atoms with van der Waals surface area (Å²) in [5, 5.41) is 0. The second-order valence-corrected chi connectivity index (χ2v) is 6.62. The summed E-state index contributed by atoms with van der Waals surface area (Å²) in [6, 6.07) is 14.3.